The van der Waals surface area contributed by atoms with E-state index in [2.05, 4.69) is 0 Å². The number of hydrogen-bond donors (Lipinski definition) is 0. The number of carbonyl (C=O) groups excluding carboxylic acids is 1. The molecule has 0 radical (unpaired) electrons. The van der Waals surface area contributed by atoms with Crippen molar-refractivity contribution in [2.75, 3.05) is 6.61 Å². The Labute approximate surface area is 107 Å². The summed E-state index contributed by atoms with van der Waals surface area (Å²) in [7, 11) is 0. The lowest BCUT2D eigenvalue weighted by Gasteiger charge is -2.22. The van der Waals surface area contributed by atoms with Gasteiger partial charge in [0.15, 0.2) is 11.6 Å². The van der Waals surface area contributed by atoms with Crippen molar-refractivity contribution in [1.82, 2.24) is 0 Å². The van der Waals surface area contributed by atoms with E-state index in [4.69, 9.17) is 9.47 Å². The summed E-state index contributed by atoms with van der Waals surface area (Å²) in [6.45, 7) is 0.791. The average Bonchev–Trinajstić information content (AvgIpc) is 3.02. The van der Waals surface area contributed by atoms with E-state index in [1.54, 1.807) is 0 Å². The van der Waals surface area contributed by atoms with E-state index in [9.17, 15) is 4.79 Å². The second-order valence-corrected chi connectivity index (χ2v) is 5.13. The Kier molecular flexibility index (Phi) is 3.18. The molecule has 1 spiro atoms. The maximum Gasteiger partial charge on any atom is 0.168 e. The summed E-state index contributed by atoms with van der Waals surface area (Å²) in [5.41, 5.74) is 0.773. The van der Waals surface area contributed by atoms with Gasteiger partial charge in [-0.05, 0) is 12.8 Å². The highest BCUT2D eigenvalue weighted by molar-refractivity contribution is 5.96. The smallest absolute Gasteiger partial charge is 0.168 e. The van der Waals surface area contributed by atoms with Crippen molar-refractivity contribution in [3.8, 4) is 0 Å². The monoisotopic (exact) mass is 246 g/mol. The fraction of sp³-hybridized carbons (Fsp3) is 0.533. The molecule has 0 saturated carbocycles. The molecule has 2 heterocycles. The molecule has 0 amide bonds. The largest absolute Gasteiger partial charge is 0.350 e. The average molecular weight is 246 g/mol. The molecule has 96 valence electrons. The molecule has 2 saturated heterocycles. The molecule has 3 nitrogen and oxygen atoms in total. The van der Waals surface area contributed by atoms with Gasteiger partial charge < -0.3 is 9.47 Å². The highest BCUT2D eigenvalue weighted by Crippen LogP contribution is 2.40. The molecule has 0 unspecified atom stereocenters. The maximum atomic E-state index is 12.1. The minimum Gasteiger partial charge on any atom is -0.350 e. The number of rotatable bonds is 3. The van der Waals surface area contributed by atoms with Crippen LogP contribution in [0.25, 0.3) is 0 Å². The van der Waals surface area contributed by atoms with Gasteiger partial charge in [-0.25, -0.2) is 0 Å². The highest BCUT2D eigenvalue weighted by atomic mass is 16.7. The molecule has 0 N–H and O–H groups in total. The van der Waals surface area contributed by atoms with E-state index >= 15 is 0 Å². The van der Waals surface area contributed by atoms with Crippen LogP contribution in [0.1, 0.15) is 42.5 Å². The number of benzene rings is 1. The summed E-state index contributed by atoms with van der Waals surface area (Å²) in [6, 6.07) is 9.43. The van der Waals surface area contributed by atoms with Gasteiger partial charge in [0, 0.05) is 24.8 Å². The van der Waals surface area contributed by atoms with Crippen molar-refractivity contribution in [1.29, 1.82) is 0 Å². The fourth-order valence-corrected chi connectivity index (χ4v) is 2.86. The number of ketones is 1. The first kappa shape index (κ1) is 11.9. The normalized spacial score (nSPS) is 31.0. The van der Waals surface area contributed by atoms with E-state index in [1.807, 2.05) is 30.3 Å². The first-order valence-corrected chi connectivity index (χ1v) is 6.67. The molecule has 18 heavy (non-hydrogen) atoms. The third-order valence-electron chi connectivity index (χ3n) is 3.80. The highest BCUT2D eigenvalue weighted by Gasteiger charge is 2.44. The minimum atomic E-state index is -0.359. The van der Waals surface area contributed by atoms with Crippen LogP contribution in [-0.2, 0) is 9.47 Å². The van der Waals surface area contributed by atoms with E-state index in [0.717, 1.165) is 37.9 Å². The summed E-state index contributed by atoms with van der Waals surface area (Å²) in [4.78, 5) is 12.1. The van der Waals surface area contributed by atoms with Crippen LogP contribution >= 0.6 is 0 Å². The third kappa shape index (κ3) is 2.33. The van der Waals surface area contributed by atoms with Crippen LogP contribution in [0.15, 0.2) is 30.3 Å². The first-order valence-electron chi connectivity index (χ1n) is 6.67. The van der Waals surface area contributed by atoms with E-state index in [1.165, 1.54) is 0 Å². The van der Waals surface area contributed by atoms with Crippen molar-refractivity contribution >= 4 is 5.78 Å². The number of ether oxygens (including phenoxy) is 2. The van der Waals surface area contributed by atoms with Crippen LogP contribution < -0.4 is 0 Å². The van der Waals surface area contributed by atoms with Crippen molar-refractivity contribution in [3.63, 3.8) is 0 Å². The molecule has 2 aliphatic rings. The maximum absolute atomic E-state index is 12.1. The molecule has 2 atom stereocenters. The quantitative estimate of drug-likeness (QED) is 0.769. The molecule has 0 aromatic heterocycles. The van der Waals surface area contributed by atoms with Gasteiger partial charge in [-0.1, -0.05) is 30.3 Å². The van der Waals surface area contributed by atoms with Gasteiger partial charge in [0.2, 0.25) is 0 Å². The van der Waals surface area contributed by atoms with Crippen molar-refractivity contribution in [2.45, 2.75) is 44.0 Å². The zero-order valence-corrected chi connectivity index (χ0v) is 10.4. The first-order chi connectivity index (χ1) is 8.77. The number of Topliss-reactive ketones (excluding diaryl/α,β-unsaturated/α-hetero) is 1. The lowest BCUT2D eigenvalue weighted by Crippen LogP contribution is -2.28. The SMILES string of the molecule is O=C(C[C@H]1CC[C@]2(CCCO2)O1)c1ccccc1. The lowest BCUT2D eigenvalue weighted by molar-refractivity contribution is -0.197. The Morgan fingerprint density at radius 1 is 1.28 bits per heavy atom. The topological polar surface area (TPSA) is 35.5 Å². The van der Waals surface area contributed by atoms with Gasteiger partial charge in [-0.2, -0.15) is 0 Å². The van der Waals surface area contributed by atoms with Gasteiger partial charge in [-0.3, -0.25) is 4.79 Å². The summed E-state index contributed by atoms with van der Waals surface area (Å²) >= 11 is 0. The Morgan fingerprint density at radius 3 is 2.83 bits per heavy atom. The molecule has 0 aliphatic carbocycles. The van der Waals surface area contributed by atoms with Gasteiger partial charge >= 0.3 is 0 Å². The van der Waals surface area contributed by atoms with E-state index in [0.29, 0.717) is 6.42 Å². The van der Waals surface area contributed by atoms with Crippen LogP contribution in [0.3, 0.4) is 0 Å². The molecule has 1 aromatic rings. The minimum absolute atomic E-state index is 0.0239. The number of carbonyl (C=O) groups is 1. The van der Waals surface area contributed by atoms with Crippen molar-refractivity contribution < 1.29 is 14.3 Å². The standard InChI is InChI=1S/C15H18O3/c16-14(12-5-2-1-3-6-12)11-13-7-9-15(18-13)8-4-10-17-15/h1-3,5-6,13H,4,7-11H2/t13-,15+/m1/s1. The molecule has 0 bridgehead atoms. The Hall–Kier alpha value is -1.19. The van der Waals surface area contributed by atoms with Gasteiger partial charge in [0.25, 0.3) is 0 Å². The molecule has 3 heteroatoms. The molecular weight excluding hydrogens is 228 g/mol. The van der Waals surface area contributed by atoms with Crippen LogP contribution in [-0.4, -0.2) is 24.3 Å². The van der Waals surface area contributed by atoms with Crippen LogP contribution in [0.2, 0.25) is 0 Å². The Bertz CT molecular complexity index is 421. The second kappa shape index (κ2) is 4.82. The molecule has 2 aliphatic heterocycles. The predicted molar refractivity (Wildman–Crippen MR) is 67.4 cm³/mol. The summed E-state index contributed by atoms with van der Waals surface area (Å²) in [5.74, 6) is -0.197. The third-order valence-corrected chi connectivity index (χ3v) is 3.80. The Balaban J connectivity index is 1.60. The molecule has 3 rings (SSSR count). The Morgan fingerprint density at radius 2 is 2.11 bits per heavy atom. The lowest BCUT2D eigenvalue weighted by atomic mass is 10.0. The van der Waals surface area contributed by atoms with E-state index < -0.39 is 0 Å². The summed E-state index contributed by atoms with van der Waals surface area (Å²) < 4.78 is 11.6. The van der Waals surface area contributed by atoms with Crippen LogP contribution in [0.4, 0.5) is 0 Å². The zero-order valence-electron chi connectivity index (χ0n) is 10.4. The summed E-state index contributed by atoms with van der Waals surface area (Å²) in [6.07, 6.45) is 4.39. The number of hydrogen-bond acceptors (Lipinski definition) is 3. The zero-order chi connectivity index (χ0) is 12.4. The molecular formula is C15H18O3. The molecule has 1 aromatic carbocycles. The van der Waals surface area contributed by atoms with Crippen molar-refractivity contribution in [3.05, 3.63) is 35.9 Å². The van der Waals surface area contributed by atoms with Crippen LogP contribution in [0, 0.1) is 0 Å². The van der Waals surface area contributed by atoms with Gasteiger partial charge in [-0.15, -0.1) is 0 Å². The van der Waals surface area contributed by atoms with Gasteiger partial charge in [0.1, 0.15) is 0 Å². The fourth-order valence-electron chi connectivity index (χ4n) is 2.86. The predicted octanol–water partition coefficient (Wildman–Crippen LogP) is 2.95. The van der Waals surface area contributed by atoms with E-state index in [-0.39, 0.29) is 17.7 Å². The summed E-state index contributed by atoms with van der Waals surface area (Å²) in [5, 5.41) is 0. The molecule has 2 fully saturated rings. The van der Waals surface area contributed by atoms with Gasteiger partial charge in [0.05, 0.1) is 12.7 Å². The van der Waals surface area contributed by atoms with Crippen molar-refractivity contribution in [2.24, 2.45) is 0 Å². The second-order valence-electron chi connectivity index (χ2n) is 5.13. The van der Waals surface area contributed by atoms with Crippen LogP contribution in [0.5, 0.6) is 0 Å².